The van der Waals surface area contributed by atoms with Gasteiger partial charge in [-0.3, -0.25) is 10.1 Å². The van der Waals surface area contributed by atoms with E-state index in [9.17, 15) is 4.79 Å². The Kier molecular flexibility index (Phi) is 4.82. The number of rotatable bonds is 5. The maximum atomic E-state index is 11.9. The number of halogens is 1. The van der Waals surface area contributed by atoms with Crippen LogP contribution in [0.5, 0.6) is 5.75 Å². The summed E-state index contributed by atoms with van der Waals surface area (Å²) in [7, 11) is 0. The SMILES string of the molecule is Cc1cc(OCC(=O)Nc2cc(-c3ccccc3)no2)ccc1Cl. The summed E-state index contributed by atoms with van der Waals surface area (Å²) in [5, 5.41) is 7.20. The fraction of sp³-hybridized carbons (Fsp3) is 0.111. The van der Waals surface area contributed by atoms with Gasteiger partial charge >= 0.3 is 0 Å². The molecule has 1 N–H and O–H groups in total. The number of amides is 1. The topological polar surface area (TPSA) is 64.4 Å². The fourth-order valence-electron chi connectivity index (χ4n) is 2.11. The molecule has 122 valence electrons. The summed E-state index contributed by atoms with van der Waals surface area (Å²) in [6.07, 6.45) is 0. The van der Waals surface area contributed by atoms with Crippen LogP contribution in [0.15, 0.2) is 59.1 Å². The highest BCUT2D eigenvalue weighted by molar-refractivity contribution is 6.31. The molecule has 3 rings (SSSR count). The summed E-state index contributed by atoms with van der Waals surface area (Å²) >= 11 is 5.95. The number of hydrogen-bond acceptors (Lipinski definition) is 4. The number of ether oxygens (including phenoxy) is 1. The van der Waals surface area contributed by atoms with E-state index in [2.05, 4.69) is 10.5 Å². The summed E-state index contributed by atoms with van der Waals surface area (Å²) in [5.41, 5.74) is 2.45. The average molecular weight is 343 g/mol. The molecular formula is C18H15ClN2O3. The molecule has 0 aliphatic heterocycles. The van der Waals surface area contributed by atoms with Gasteiger partial charge in [0.15, 0.2) is 6.61 Å². The second kappa shape index (κ2) is 7.19. The first-order chi connectivity index (χ1) is 11.6. The molecule has 0 aliphatic carbocycles. The van der Waals surface area contributed by atoms with Crippen LogP contribution in [-0.2, 0) is 4.79 Å². The minimum atomic E-state index is -0.335. The molecule has 0 atom stereocenters. The van der Waals surface area contributed by atoms with Gasteiger partial charge in [-0.25, -0.2) is 0 Å². The highest BCUT2D eigenvalue weighted by Crippen LogP contribution is 2.22. The molecule has 0 aliphatic rings. The van der Waals surface area contributed by atoms with E-state index < -0.39 is 0 Å². The van der Waals surface area contributed by atoms with Crippen molar-refractivity contribution in [2.45, 2.75) is 6.92 Å². The number of anilines is 1. The van der Waals surface area contributed by atoms with Crippen molar-refractivity contribution < 1.29 is 14.1 Å². The smallest absolute Gasteiger partial charge is 0.264 e. The molecule has 0 fully saturated rings. The molecule has 1 heterocycles. The van der Waals surface area contributed by atoms with E-state index in [0.717, 1.165) is 11.1 Å². The molecule has 1 aromatic heterocycles. The molecule has 24 heavy (non-hydrogen) atoms. The molecule has 2 aromatic carbocycles. The molecule has 0 unspecified atom stereocenters. The van der Waals surface area contributed by atoms with Gasteiger partial charge in [-0.2, -0.15) is 0 Å². The highest BCUT2D eigenvalue weighted by Gasteiger charge is 2.10. The Balaban J connectivity index is 1.57. The van der Waals surface area contributed by atoms with Gasteiger partial charge in [-0.1, -0.05) is 47.1 Å². The number of nitrogens with zero attached hydrogens (tertiary/aromatic N) is 1. The largest absolute Gasteiger partial charge is 0.484 e. The zero-order valence-corrected chi connectivity index (χ0v) is 13.7. The van der Waals surface area contributed by atoms with Gasteiger partial charge < -0.3 is 9.26 Å². The zero-order valence-electron chi connectivity index (χ0n) is 13.0. The Labute approximate surface area is 144 Å². The Morgan fingerprint density at radius 2 is 2.00 bits per heavy atom. The van der Waals surface area contributed by atoms with Crippen LogP contribution in [0.3, 0.4) is 0 Å². The Bertz CT molecular complexity index is 846. The quantitative estimate of drug-likeness (QED) is 0.750. The van der Waals surface area contributed by atoms with Gasteiger partial charge in [0, 0.05) is 16.7 Å². The Hall–Kier alpha value is -2.79. The summed E-state index contributed by atoms with van der Waals surface area (Å²) in [4.78, 5) is 11.9. The van der Waals surface area contributed by atoms with Crippen LogP contribution in [0.2, 0.25) is 5.02 Å². The lowest BCUT2D eigenvalue weighted by Gasteiger charge is -2.07. The van der Waals surface area contributed by atoms with Crippen LogP contribution in [0.1, 0.15) is 5.56 Å². The van der Waals surface area contributed by atoms with Gasteiger partial charge in [-0.05, 0) is 30.7 Å². The van der Waals surface area contributed by atoms with Crippen LogP contribution in [0, 0.1) is 6.92 Å². The van der Waals surface area contributed by atoms with Crippen LogP contribution in [-0.4, -0.2) is 17.7 Å². The Morgan fingerprint density at radius 3 is 2.75 bits per heavy atom. The fourth-order valence-corrected chi connectivity index (χ4v) is 2.23. The molecule has 3 aromatic rings. The van der Waals surface area contributed by atoms with E-state index in [1.807, 2.05) is 37.3 Å². The van der Waals surface area contributed by atoms with Crippen LogP contribution in [0.4, 0.5) is 5.88 Å². The van der Waals surface area contributed by atoms with Crippen LogP contribution >= 0.6 is 11.6 Å². The second-order valence-corrected chi connectivity index (χ2v) is 5.60. The minimum absolute atomic E-state index is 0.136. The number of benzene rings is 2. The number of carbonyl (C=O) groups is 1. The molecule has 0 bridgehead atoms. The monoisotopic (exact) mass is 342 g/mol. The molecule has 0 saturated carbocycles. The first-order valence-electron chi connectivity index (χ1n) is 7.33. The maximum Gasteiger partial charge on any atom is 0.264 e. The maximum absolute atomic E-state index is 11.9. The lowest BCUT2D eigenvalue weighted by Crippen LogP contribution is -2.19. The third kappa shape index (κ3) is 3.94. The van der Waals surface area contributed by atoms with E-state index in [-0.39, 0.29) is 18.4 Å². The van der Waals surface area contributed by atoms with E-state index in [1.54, 1.807) is 24.3 Å². The van der Waals surface area contributed by atoms with Gasteiger partial charge in [0.05, 0.1) is 0 Å². The van der Waals surface area contributed by atoms with Crippen molar-refractivity contribution in [1.29, 1.82) is 0 Å². The molecule has 5 nitrogen and oxygen atoms in total. The predicted octanol–water partition coefficient (Wildman–Crippen LogP) is 4.32. The molecule has 1 amide bonds. The molecule has 0 radical (unpaired) electrons. The second-order valence-electron chi connectivity index (χ2n) is 5.19. The number of aromatic nitrogens is 1. The lowest BCUT2D eigenvalue weighted by molar-refractivity contribution is -0.118. The van der Waals surface area contributed by atoms with Crippen molar-refractivity contribution in [3.05, 3.63) is 65.2 Å². The zero-order chi connectivity index (χ0) is 16.9. The summed E-state index contributed by atoms with van der Waals surface area (Å²) in [6, 6.07) is 16.4. The number of nitrogens with one attached hydrogen (secondary N) is 1. The minimum Gasteiger partial charge on any atom is -0.484 e. The number of carbonyl (C=O) groups excluding carboxylic acids is 1. The van der Waals surface area contributed by atoms with Crippen molar-refractivity contribution in [2.24, 2.45) is 0 Å². The van der Waals surface area contributed by atoms with E-state index >= 15 is 0 Å². The molecule has 0 spiro atoms. The highest BCUT2D eigenvalue weighted by atomic mass is 35.5. The van der Waals surface area contributed by atoms with Crippen molar-refractivity contribution in [3.8, 4) is 17.0 Å². The number of hydrogen-bond donors (Lipinski definition) is 1. The summed E-state index contributed by atoms with van der Waals surface area (Å²) < 4.78 is 10.6. The summed E-state index contributed by atoms with van der Waals surface area (Å²) in [6.45, 7) is 1.73. The first kappa shape index (κ1) is 16.1. The number of aryl methyl sites for hydroxylation is 1. The van der Waals surface area contributed by atoms with Gasteiger partial charge in [0.25, 0.3) is 5.91 Å². The predicted molar refractivity (Wildman–Crippen MR) is 92.3 cm³/mol. The van der Waals surface area contributed by atoms with Crippen molar-refractivity contribution >= 4 is 23.4 Å². The first-order valence-corrected chi connectivity index (χ1v) is 7.70. The molecular weight excluding hydrogens is 328 g/mol. The van der Waals surface area contributed by atoms with Gasteiger partial charge in [0.1, 0.15) is 11.4 Å². The van der Waals surface area contributed by atoms with Crippen molar-refractivity contribution in [1.82, 2.24) is 5.16 Å². The van der Waals surface area contributed by atoms with Crippen LogP contribution < -0.4 is 10.1 Å². The van der Waals surface area contributed by atoms with Crippen LogP contribution in [0.25, 0.3) is 11.3 Å². The lowest BCUT2D eigenvalue weighted by atomic mass is 10.2. The molecule has 6 heteroatoms. The Morgan fingerprint density at radius 1 is 1.21 bits per heavy atom. The third-order valence-corrected chi connectivity index (χ3v) is 3.77. The van der Waals surface area contributed by atoms with Gasteiger partial charge in [-0.15, -0.1) is 0 Å². The third-order valence-electron chi connectivity index (χ3n) is 3.34. The van der Waals surface area contributed by atoms with E-state index in [1.165, 1.54) is 0 Å². The standard InChI is InChI=1S/C18H15ClN2O3/c1-12-9-14(7-8-15(12)19)23-11-17(22)20-18-10-16(21-24-18)13-5-3-2-4-6-13/h2-10H,11H2,1H3,(H,20,22). The molecule has 0 saturated heterocycles. The van der Waals surface area contributed by atoms with Crippen molar-refractivity contribution in [2.75, 3.05) is 11.9 Å². The van der Waals surface area contributed by atoms with Gasteiger partial charge in [0.2, 0.25) is 5.88 Å². The van der Waals surface area contributed by atoms with E-state index in [0.29, 0.717) is 16.5 Å². The summed E-state index contributed by atoms with van der Waals surface area (Å²) in [5.74, 6) is 0.516. The normalized spacial score (nSPS) is 10.4. The van der Waals surface area contributed by atoms with E-state index in [4.69, 9.17) is 20.9 Å². The van der Waals surface area contributed by atoms with Crippen molar-refractivity contribution in [3.63, 3.8) is 0 Å². The average Bonchev–Trinajstić information content (AvgIpc) is 3.05.